The number of carboxylic acid groups (broad SMARTS) is 1. The van der Waals surface area contributed by atoms with Crippen molar-refractivity contribution in [3.05, 3.63) is 12.2 Å². The number of hydrogen-bond donors (Lipinski definition) is 2. The van der Waals surface area contributed by atoms with Crippen LogP contribution in [0.5, 0.6) is 0 Å². The third-order valence-electron chi connectivity index (χ3n) is 5.15. The number of nitrogens with one attached hydrogen (secondary N) is 1. The normalized spacial score (nSPS) is 11.4. The van der Waals surface area contributed by atoms with Crippen molar-refractivity contribution in [3.63, 3.8) is 0 Å². The molecule has 0 aromatic rings. The van der Waals surface area contributed by atoms with Crippen LogP contribution in [0.2, 0.25) is 0 Å². The summed E-state index contributed by atoms with van der Waals surface area (Å²) in [5.74, 6) is -0.681. The second kappa shape index (κ2) is 23.2. The Kier molecular flexibility index (Phi) is 22.5. The number of aliphatic carboxylic acids is 1. The van der Waals surface area contributed by atoms with Gasteiger partial charge in [0.05, 0.1) is 0 Å². The molecule has 0 radical (unpaired) electrons. The Bertz CT molecular complexity index is 328. The summed E-state index contributed by atoms with van der Waals surface area (Å²) in [5.41, 5.74) is 0. The quantitative estimate of drug-likeness (QED) is 0.153. The molecule has 0 rings (SSSR count). The third kappa shape index (κ3) is 25.2. The van der Waals surface area contributed by atoms with Gasteiger partial charge in [-0.05, 0) is 32.2 Å². The average molecular weight is 382 g/mol. The van der Waals surface area contributed by atoms with Crippen LogP contribution < -0.4 is 5.32 Å². The molecule has 27 heavy (non-hydrogen) atoms. The third-order valence-corrected chi connectivity index (χ3v) is 5.15. The maximum absolute atomic E-state index is 10.4. The molecule has 0 aliphatic heterocycles. The lowest BCUT2D eigenvalue weighted by Crippen LogP contribution is -2.14. The second-order valence-electron chi connectivity index (χ2n) is 7.91. The highest BCUT2D eigenvalue weighted by atomic mass is 16.4. The van der Waals surface area contributed by atoms with Crippen LogP contribution in [0.25, 0.3) is 0 Å². The smallest absolute Gasteiger partial charge is 0.303 e. The van der Waals surface area contributed by atoms with E-state index in [1.807, 2.05) is 0 Å². The Balaban J connectivity index is 3.07. The zero-order valence-electron chi connectivity index (χ0n) is 18.2. The van der Waals surface area contributed by atoms with E-state index in [1.54, 1.807) is 0 Å². The highest BCUT2D eigenvalue weighted by molar-refractivity contribution is 5.66. The van der Waals surface area contributed by atoms with Crippen LogP contribution >= 0.6 is 0 Å². The van der Waals surface area contributed by atoms with Gasteiger partial charge in [0.2, 0.25) is 0 Å². The van der Waals surface area contributed by atoms with Crippen LogP contribution in [0.15, 0.2) is 12.2 Å². The van der Waals surface area contributed by atoms with Crippen molar-refractivity contribution in [2.75, 3.05) is 13.1 Å². The molecule has 0 aromatic heterocycles. The molecule has 0 aromatic carbocycles. The summed E-state index contributed by atoms with van der Waals surface area (Å²) in [7, 11) is 0. The molecule has 0 aliphatic carbocycles. The topological polar surface area (TPSA) is 49.3 Å². The van der Waals surface area contributed by atoms with E-state index in [9.17, 15) is 4.79 Å². The molecule has 0 spiro atoms. The molecule has 0 saturated heterocycles. The lowest BCUT2D eigenvalue weighted by molar-refractivity contribution is -0.137. The van der Waals surface area contributed by atoms with Gasteiger partial charge in [0.1, 0.15) is 0 Å². The Labute approximate surface area is 169 Å². The molecule has 2 N–H and O–H groups in total. The first-order chi connectivity index (χ1) is 13.3. The number of rotatable bonds is 22. The highest BCUT2D eigenvalue weighted by Gasteiger charge is 1.96. The zero-order chi connectivity index (χ0) is 19.8. The Morgan fingerprint density at radius 2 is 1.22 bits per heavy atom. The summed E-state index contributed by atoms with van der Waals surface area (Å²) < 4.78 is 0. The van der Waals surface area contributed by atoms with E-state index in [2.05, 4.69) is 24.4 Å². The van der Waals surface area contributed by atoms with Gasteiger partial charge in [0.15, 0.2) is 0 Å². The average Bonchev–Trinajstić information content (AvgIpc) is 2.65. The minimum atomic E-state index is -0.681. The fourth-order valence-electron chi connectivity index (χ4n) is 3.37. The molecule has 0 amide bonds. The highest BCUT2D eigenvalue weighted by Crippen LogP contribution is 2.12. The van der Waals surface area contributed by atoms with Gasteiger partial charge in [-0.25, -0.2) is 0 Å². The summed E-state index contributed by atoms with van der Waals surface area (Å²) in [5, 5.41) is 11.9. The molecule has 3 nitrogen and oxygen atoms in total. The molecule has 0 saturated carbocycles. The van der Waals surface area contributed by atoms with Crippen molar-refractivity contribution in [2.45, 2.75) is 122 Å². The summed E-state index contributed by atoms with van der Waals surface area (Å²) in [6.45, 7) is 4.21. The summed E-state index contributed by atoms with van der Waals surface area (Å²) in [4.78, 5) is 10.4. The predicted molar refractivity (Wildman–Crippen MR) is 118 cm³/mol. The summed E-state index contributed by atoms with van der Waals surface area (Å²) in [6, 6.07) is 0. The van der Waals surface area contributed by atoms with Crippen LogP contribution in [0, 0.1) is 0 Å². The summed E-state index contributed by atoms with van der Waals surface area (Å²) >= 11 is 0. The van der Waals surface area contributed by atoms with E-state index in [-0.39, 0.29) is 0 Å². The van der Waals surface area contributed by atoms with Crippen LogP contribution in [0.3, 0.4) is 0 Å². The molecule has 0 heterocycles. The fourth-order valence-corrected chi connectivity index (χ4v) is 3.37. The Morgan fingerprint density at radius 1 is 0.704 bits per heavy atom. The van der Waals surface area contributed by atoms with E-state index in [0.29, 0.717) is 6.42 Å². The Hall–Kier alpha value is -0.830. The molecule has 0 unspecified atom stereocenters. The maximum Gasteiger partial charge on any atom is 0.303 e. The van der Waals surface area contributed by atoms with Gasteiger partial charge in [0.25, 0.3) is 0 Å². The van der Waals surface area contributed by atoms with Crippen molar-refractivity contribution in [3.8, 4) is 0 Å². The van der Waals surface area contributed by atoms with Gasteiger partial charge in [-0.2, -0.15) is 0 Å². The van der Waals surface area contributed by atoms with Crippen LogP contribution in [-0.4, -0.2) is 24.2 Å². The molecule has 3 heteroatoms. The van der Waals surface area contributed by atoms with Gasteiger partial charge in [-0.15, -0.1) is 0 Å². The molecule has 160 valence electrons. The van der Waals surface area contributed by atoms with Crippen molar-refractivity contribution in [1.29, 1.82) is 0 Å². The van der Waals surface area contributed by atoms with Gasteiger partial charge in [-0.3, -0.25) is 4.79 Å². The van der Waals surface area contributed by atoms with Crippen molar-refractivity contribution in [2.24, 2.45) is 0 Å². The van der Waals surface area contributed by atoms with Crippen molar-refractivity contribution >= 4 is 5.97 Å². The standard InChI is InChI=1S/C24H47NO2/c1-2-3-4-5-6-7-8-9-10-11-12-13-14-15-16-19-22-25-23-20-17-18-21-24(26)27/h16,19,25H,2-15,17-18,20-23H2,1H3,(H,26,27). The first kappa shape index (κ1) is 26.2. The van der Waals surface area contributed by atoms with E-state index < -0.39 is 5.97 Å². The number of unbranched alkanes of at least 4 members (excludes halogenated alkanes) is 15. The number of allylic oxidation sites excluding steroid dienone is 1. The number of carbonyl (C=O) groups is 1. The minimum Gasteiger partial charge on any atom is -0.481 e. The van der Waals surface area contributed by atoms with E-state index >= 15 is 0 Å². The zero-order valence-corrected chi connectivity index (χ0v) is 18.2. The lowest BCUT2D eigenvalue weighted by Gasteiger charge is -2.02. The van der Waals surface area contributed by atoms with Gasteiger partial charge >= 0.3 is 5.97 Å². The molecule has 0 aliphatic rings. The molecule has 0 bridgehead atoms. The molecular weight excluding hydrogens is 334 g/mol. The van der Waals surface area contributed by atoms with Crippen LogP contribution in [0.1, 0.15) is 122 Å². The van der Waals surface area contributed by atoms with Crippen LogP contribution in [0.4, 0.5) is 0 Å². The second-order valence-corrected chi connectivity index (χ2v) is 7.91. The maximum atomic E-state index is 10.4. The van der Waals surface area contributed by atoms with Crippen molar-refractivity contribution < 1.29 is 9.90 Å². The van der Waals surface area contributed by atoms with Gasteiger partial charge < -0.3 is 10.4 Å². The van der Waals surface area contributed by atoms with E-state index in [1.165, 1.54) is 89.9 Å². The number of carboxylic acids is 1. The molecule has 0 fully saturated rings. The van der Waals surface area contributed by atoms with Crippen molar-refractivity contribution in [1.82, 2.24) is 5.32 Å². The largest absolute Gasteiger partial charge is 0.481 e. The van der Waals surface area contributed by atoms with Gasteiger partial charge in [-0.1, -0.05) is 103 Å². The summed E-state index contributed by atoms with van der Waals surface area (Å²) in [6.07, 6.45) is 27.3. The molecule has 0 atom stereocenters. The first-order valence-corrected chi connectivity index (χ1v) is 11.8. The minimum absolute atomic E-state index is 0.305. The predicted octanol–water partition coefficient (Wildman–Crippen LogP) is 7.26. The SMILES string of the molecule is CCCCCCCCCCCCCCCC=CCNCCCCCC(=O)O. The van der Waals surface area contributed by atoms with E-state index in [0.717, 1.165) is 32.4 Å². The van der Waals surface area contributed by atoms with E-state index in [4.69, 9.17) is 5.11 Å². The van der Waals surface area contributed by atoms with Crippen LogP contribution in [-0.2, 0) is 4.79 Å². The first-order valence-electron chi connectivity index (χ1n) is 11.8. The monoisotopic (exact) mass is 381 g/mol. The number of hydrogen-bond acceptors (Lipinski definition) is 2. The van der Waals surface area contributed by atoms with Gasteiger partial charge in [0, 0.05) is 13.0 Å². The lowest BCUT2D eigenvalue weighted by atomic mass is 10.0. The Morgan fingerprint density at radius 3 is 1.78 bits per heavy atom. The molecular formula is C24H47NO2. The fraction of sp³-hybridized carbons (Fsp3) is 0.875.